The number of carbonyl (C=O) groups is 1. The minimum absolute atomic E-state index is 0.134. The van der Waals surface area contributed by atoms with Crippen LogP contribution in [0, 0.1) is 0 Å². The number of ether oxygens (including phenoxy) is 1. The molecule has 0 saturated heterocycles. The molecule has 130 valence electrons. The smallest absolute Gasteiger partial charge is 0.245 e. The Morgan fingerprint density at radius 3 is 2.75 bits per heavy atom. The molecule has 0 saturated carbocycles. The van der Waals surface area contributed by atoms with E-state index in [9.17, 15) is 13.2 Å². The second-order valence-corrected chi connectivity index (χ2v) is 7.05. The maximum Gasteiger partial charge on any atom is 0.245 e. The second-order valence-electron chi connectivity index (χ2n) is 4.94. The van der Waals surface area contributed by atoms with Crippen molar-refractivity contribution in [2.75, 3.05) is 7.11 Å². The molecule has 0 fully saturated rings. The van der Waals surface area contributed by atoms with Crippen molar-refractivity contribution in [3.05, 3.63) is 47.4 Å². The van der Waals surface area contributed by atoms with E-state index in [0.29, 0.717) is 5.76 Å². The molecule has 1 atom stereocenters. The van der Waals surface area contributed by atoms with Crippen LogP contribution in [0.5, 0.6) is 5.75 Å². The minimum atomic E-state index is -3.99. The molecule has 1 amide bonds. The number of benzene rings is 1. The predicted molar refractivity (Wildman–Crippen MR) is 88.3 cm³/mol. The Kier molecular flexibility index (Phi) is 5.87. The molecular weight excluding hydrogens is 356 g/mol. The van der Waals surface area contributed by atoms with Gasteiger partial charge in [0.2, 0.25) is 15.9 Å². The lowest BCUT2D eigenvalue weighted by atomic mass is 10.3. The fourth-order valence-electron chi connectivity index (χ4n) is 1.95. The number of hydrogen-bond acceptors (Lipinski definition) is 5. The highest BCUT2D eigenvalue weighted by Gasteiger charge is 2.25. The number of methoxy groups -OCH3 is 1. The average molecular weight is 373 g/mol. The van der Waals surface area contributed by atoms with Gasteiger partial charge in [-0.05, 0) is 37.3 Å². The Morgan fingerprint density at radius 1 is 1.38 bits per heavy atom. The lowest BCUT2D eigenvalue weighted by molar-refractivity contribution is -0.122. The average Bonchev–Trinajstić information content (AvgIpc) is 3.05. The van der Waals surface area contributed by atoms with Gasteiger partial charge in [0.05, 0.1) is 26.0 Å². The number of halogens is 1. The lowest BCUT2D eigenvalue weighted by Gasteiger charge is -2.15. The van der Waals surface area contributed by atoms with Gasteiger partial charge >= 0.3 is 0 Å². The van der Waals surface area contributed by atoms with Gasteiger partial charge in [0.25, 0.3) is 0 Å². The van der Waals surface area contributed by atoms with Crippen LogP contribution in [0.3, 0.4) is 0 Å². The predicted octanol–water partition coefficient (Wildman–Crippen LogP) is 1.92. The van der Waals surface area contributed by atoms with Gasteiger partial charge in [0, 0.05) is 5.02 Å². The quantitative estimate of drug-likeness (QED) is 0.773. The van der Waals surface area contributed by atoms with Crippen LogP contribution in [0.15, 0.2) is 45.9 Å². The monoisotopic (exact) mass is 372 g/mol. The number of rotatable bonds is 7. The van der Waals surface area contributed by atoms with Crippen molar-refractivity contribution in [3.63, 3.8) is 0 Å². The third-order valence-corrected chi connectivity index (χ3v) is 4.95. The van der Waals surface area contributed by atoms with E-state index in [1.165, 1.54) is 38.5 Å². The Morgan fingerprint density at radius 2 is 2.12 bits per heavy atom. The van der Waals surface area contributed by atoms with Gasteiger partial charge in [0.15, 0.2) is 0 Å². The van der Waals surface area contributed by atoms with Crippen LogP contribution in [0.4, 0.5) is 0 Å². The summed E-state index contributed by atoms with van der Waals surface area (Å²) in [4.78, 5) is 11.9. The summed E-state index contributed by atoms with van der Waals surface area (Å²) < 4.78 is 37.3. The van der Waals surface area contributed by atoms with Crippen LogP contribution in [0.25, 0.3) is 0 Å². The molecule has 0 aliphatic rings. The molecule has 0 aliphatic heterocycles. The molecule has 2 N–H and O–H groups in total. The standard InChI is InChI=1S/C15H17ClN2O5S/c1-10(15(19)17-9-12-4-3-7-23-12)18-24(20,21)14-8-11(16)5-6-13(14)22-2/h3-8,10,18H,9H2,1-2H3,(H,17,19). The first kappa shape index (κ1) is 18.3. The maximum atomic E-state index is 12.5. The molecule has 7 nitrogen and oxygen atoms in total. The number of sulfonamides is 1. The molecule has 0 aliphatic carbocycles. The molecule has 1 aromatic carbocycles. The first-order valence-electron chi connectivity index (χ1n) is 6.99. The van der Waals surface area contributed by atoms with Gasteiger partial charge in [-0.3, -0.25) is 4.79 Å². The van der Waals surface area contributed by atoms with E-state index in [1.54, 1.807) is 12.1 Å². The third kappa shape index (κ3) is 4.50. The van der Waals surface area contributed by atoms with E-state index in [-0.39, 0.29) is 22.2 Å². The maximum absolute atomic E-state index is 12.5. The summed E-state index contributed by atoms with van der Waals surface area (Å²) >= 11 is 5.85. The normalized spacial score (nSPS) is 12.6. The zero-order valence-electron chi connectivity index (χ0n) is 13.1. The van der Waals surface area contributed by atoms with E-state index in [4.69, 9.17) is 20.8 Å². The van der Waals surface area contributed by atoms with Crippen LogP contribution >= 0.6 is 11.6 Å². The van der Waals surface area contributed by atoms with Gasteiger partial charge < -0.3 is 14.5 Å². The van der Waals surface area contributed by atoms with Crippen LogP contribution in [-0.4, -0.2) is 27.5 Å². The molecule has 2 aromatic rings. The summed E-state index contributed by atoms with van der Waals surface area (Å²) in [6.07, 6.45) is 1.49. The highest BCUT2D eigenvalue weighted by molar-refractivity contribution is 7.89. The summed E-state index contributed by atoms with van der Waals surface area (Å²) in [5.74, 6) is 0.209. The summed E-state index contributed by atoms with van der Waals surface area (Å²) in [5.41, 5.74) is 0. The van der Waals surface area contributed by atoms with E-state index >= 15 is 0 Å². The fourth-order valence-corrected chi connectivity index (χ4v) is 3.59. The van der Waals surface area contributed by atoms with Crippen molar-refractivity contribution in [1.82, 2.24) is 10.0 Å². The summed E-state index contributed by atoms with van der Waals surface area (Å²) in [6.45, 7) is 1.60. The molecule has 1 aromatic heterocycles. The minimum Gasteiger partial charge on any atom is -0.495 e. The summed E-state index contributed by atoms with van der Waals surface area (Å²) in [6, 6.07) is 6.62. The van der Waals surface area contributed by atoms with Crippen molar-refractivity contribution >= 4 is 27.5 Å². The highest BCUT2D eigenvalue weighted by atomic mass is 35.5. The van der Waals surface area contributed by atoms with Crippen LogP contribution < -0.4 is 14.8 Å². The molecule has 0 bridgehead atoms. The molecule has 1 unspecified atom stereocenters. The third-order valence-electron chi connectivity index (χ3n) is 3.16. The van der Waals surface area contributed by atoms with Crippen molar-refractivity contribution in [3.8, 4) is 5.75 Å². The van der Waals surface area contributed by atoms with Gasteiger partial charge in [-0.2, -0.15) is 4.72 Å². The zero-order chi connectivity index (χ0) is 17.7. The first-order valence-corrected chi connectivity index (χ1v) is 8.85. The number of carbonyl (C=O) groups excluding carboxylic acids is 1. The zero-order valence-corrected chi connectivity index (χ0v) is 14.6. The lowest BCUT2D eigenvalue weighted by Crippen LogP contribution is -2.44. The molecule has 0 radical (unpaired) electrons. The largest absolute Gasteiger partial charge is 0.495 e. The Labute approximate surface area is 145 Å². The topological polar surface area (TPSA) is 97.6 Å². The van der Waals surface area contributed by atoms with Crippen LogP contribution in [0.2, 0.25) is 5.02 Å². The molecule has 24 heavy (non-hydrogen) atoms. The number of furan rings is 1. The highest BCUT2D eigenvalue weighted by Crippen LogP contribution is 2.27. The number of hydrogen-bond donors (Lipinski definition) is 2. The fraction of sp³-hybridized carbons (Fsp3) is 0.267. The van der Waals surface area contributed by atoms with Crippen molar-refractivity contribution < 1.29 is 22.4 Å². The Hall–Kier alpha value is -2.03. The SMILES string of the molecule is COc1ccc(Cl)cc1S(=O)(=O)NC(C)C(=O)NCc1ccco1. The Balaban J connectivity index is 2.07. The first-order chi connectivity index (χ1) is 11.3. The van der Waals surface area contributed by atoms with E-state index in [1.807, 2.05) is 0 Å². The van der Waals surface area contributed by atoms with E-state index in [2.05, 4.69) is 10.0 Å². The summed E-state index contributed by atoms with van der Waals surface area (Å²) in [7, 11) is -2.64. The molecule has 0 spiro atoms. The second kappa shape index (κ2) is 7.69. The number of nitrogens with one attached hydrogen (secondary N) is 2. The number of amides is 1. The summed E-state index contributed by atoms with van der Waals surface area (Å²) in [5, 5.41) is 2.82. The van der Waals surface area contributed by atoms with E-state index < -0.39 is 22.0 Å². The molecular formula is C15H17ClN2O5S. The van der Waals surface area contributed by atoms with Crippen molar-refractivity contribution in [1.29, 1.82) is 0 Å². The molecule has 1 heterocycles. The van der Waals surface area contributed by atoms with E-state index in [0.717, 1.165) is 0 Å². The van der Waals surface area contributed by atoms with Gasteiger partial charge in [-0.25, -0.2) is 8.42 Å². The van der Waals surface area contributed by atoms with Gasteiger partial charge in [-0.1, -0.05) is 11.6 Å². The van der Waals surface area contributed by atoms with Crippen molar-refractivity contribution in [2.24, 2.45) is 0 Å². The molecule has 2 rings (SSSR count). The van der Waals surface area contributed by atoms with Crippen LogP contribution in [-0.2, 0) is 21.4 Å². The van der Waals surface area contributed by atoms with Gasteiger partial charge in [0.1, 0.15) is 16.4 Å². The Bertz CT molecular complexity index is 805. The van der Waals surface area contributed by atoms with Gasteiger partial charge in [-0.15, -0.1) is 0 Å². The molecule has 9 heteroatoms. The van der Waals surface area contributed by atoms with Crippen molar-refractivity contribution in [2.45, 2.75) is 24.4 Å². The van der Waals surface area contributed by atoms with Crippen LogP contribution in [0.1, 0.15) is 12.7 Å².